The van der Waals surface area contributed by atoms with Gasteiger partial charge in [-0.3, -0.25) is 4.79 Å². The molecule has 1 heteroatoms. The summed E-state index contributed by atoms with van der Waals surface area (Å²) in [6, 6.07) is 0. The van der Waals surface area contributed by atoms with Gasteiger partial charge in [0.05, 0.1) is 0 Å². The summed E-state index contributed by atoms with van der Waals surface area (Å²) in [6.45, 7) is 2.54. The Hall–Kier alpha value is -1.29. The van der Waals surface area contributed by atoms with E-state index >= 15 is 0 Å². The van der Waals surface area contributed by atoms with Crippen LogP contribution in [0.1, 0.15) is 64.7 Å². The molecule has 1 nitrogen and oxygen atoms in total. The van der Waals surface area contributed by atoms with Crippen LogP contribution < -0.4 is 0 Å². The summed E-state index contributed by atoms with van der Waals surface area (Å²) in [5.74, 6) is 8.32. The van der Waals surface area contributed by atoms with Gasteiger partial charge < -0.3 is 0 Å². The molecule has 0 aromatic heterocycles. The van der Waals surface area contributed by atoms with E-state index < -0.39 is 0 Å². The largest absolute Gasteiger partial charge is 0.293 e. The van der Waals surface area contributed by atoms with Crippen molar-refractivity contribution in [2.24, 2.45) is 22.7 Å². The van der Waals surface area contributed by atoms with Crippen LogP contribution in [0.15, 0.2) is 22.8 Å². The molecule has 1 spiro atoms. The van der Waals surface area contributed by atoms with Crippen molar-refractivity contribution in [3.8, 4) is 11.8 Å². The van der Waals surface area contributed by atoms with E-state index in [1.807, 2.05) is 6.08 Å². The zero-order valence-electron chi connectivity index (χ0n) is 13.5. The predicted octanol–water partition coefficient (Wildman–Crippen LogP) is 4.59. The summed E-state index contributed by atoms with van der Waals surface area (Å²) in [5.41, 5.74) is 4.97. The second-order valence-electron chi connectivity index (χ2n) is 8.57. The maximum Gasteiger partial charge on any atom is 0.175 e. The van der Waals surface area contributed by atoms with E-state index in [1.54, 1.807) is 11.1 Å². The lowest BCUT2D eigenvalue weighted by atomic mass is 9.55. The number of carbonyl (C=O) groups excluding carboxylic acids is 1. The van der Waals surface area contributed by atoms with Gasteiger partial charge in [0.25, 0.3) is 0 Å². The first-order valence-corrected chi connectivity index (χ1v) is 9.09. The first-order chi connectivity index (χ1) is 10.6. The van der Waals surface area contributed by atoms with E-state index in [4.69, 9.17) is 0 Å². The number of fused-ring (bicyclic) bond motifs is 4. The fraction of sp³-hybridized carbons (Fsp3) is 0.667. The van der Waals surface area contributed by atoms with Crippen LogP contribution in [0.3, 0.4) is 0 Å². The highest BCUT2D eigenvalue weighted by molar-refractivity contribution is 6.01. The number of rotatable bonds is 0. The van der Waals surface area contributed by atoms with E-state index in [0.717, 1.165) is 31.1 Å². The summed E-state index contributed by atoms with van der Waals surface area (Å²) in [5, 5.41) is 0. The van der Waals surface area contributed by atoms with Crippen molar-refractivity contribution in [1.29, 1.82) is 0 Å². The van der Waals surface area contributed by atoms with Crippen molar-refractivity contribution >= 4 is 5.78 Å². The normalized spacial score (nSPS) is 45.3. The van der Waals surface area contributed by atoms with Crippen molar-refractivity contribution in [2.75, 3.05) is 0 Å². The number of hydrogen-bond donors (Lipinski definition) is 0. The fourth-order valence-electron chi connectivity index (χ4n) is 6.15. The Balaban J connectivity index is 1.59. The maximum absolute atomic E-state index is 12.4. The van der Waals surface area contributed by atoms with E-state index in [-0.39, 0.29) is 5.41 Å². The molecule has 2 saturated carbocycles. The monoisotopic (exact) mass is 292 g/mol. The molecule has 5 rings (SSSR count). The van der Waals surface area contributed by atoms with Crippen LogP contribution in [-0.4, -0.2) is 5.78 Å². The van der Waals surface area contributed by atoms with Crippen LogP contribution in [0.5, 0.6) is 0 Å². The summed E-state index contributed by atoms with van der Waals surface area (Å²) in [7, 11) is 0. The minimum Gasteiger partial charge on any atom is -0.293 e. The van der Waals surface area contributed by atoms with Crippen LogP contribution in [0, 0.1) is 34.5 Å². The molecular formula is C21H24O. The molecule has 22 heavy (non-hydrogen) atoms. The fourth-order valence-corrected chi connectivity index (χ4v) is 6.15. The molecule has 2 fully saturated rings. The molecule has 4 atom stereocenters. The van der Waals surface area contributed by atoms with Crippen LogP contribution >= 0.6 is 0 Å². The molecule has 5 aliphatic carbocycles. The van der Waals surface area contributed by atoms with Crippen molar-refractivity contribution in [2.45, 2.75) is 64.7 Å². The second kappa shape index (κ2) is 4.16. The van der Waals surface area contributed by atoms with Gasteiger partial charge in [0.1, 0.15) is 5.41 Å². The summed E-state index contributed by atoms with van der Waals surface area (Å²) in [4.78, 5) is 12.4. The molecule has 114 valence electrons. The van der Waals surface area contributed by atoms with Crippen molar-refractivity contribution < 1.29 is 4.79 Å². The molecule has 0 heterocycles. The minimum atomic E-state index is -0.315. The van der Waals surface area contributed by atoms with Gasteiger partial charge in [-0.2, -0.15) is 0 Å². The molecule has 0 saturated heterocycles. The minimum absolute atomic E-state index is 0.297. The molecule has 0 amide bonds. The lowest BCUT2D eigenvalue weighted by molar-refractivity contribution is -0.121. The molecule has 0 aromatic carbocycles. The number of hydrogen-bond acceptors (Lipinski definition) is 1. The first-order valence-electron chi connectivity index (χ1n) is 9.09. The molecule has 1 unspecified atom stereocenters. The average Bonchev–Trinajstić information content (AvgIpc) is 2.86. The maximum atomic E-state index is 12.4. The third kappa shape index (κ3) is 1.54. The highest BCUT2D eigenvalue weighted by Crippen LogP contribution is 2.60. The zero-order valence-corrected chi connectivity index (χ0v) is 13.5. The average molecular weight is 292 g/mol. The molecule has 0 bridgehead atoms. The number of allylic oxidation sites excluding steroid dienone is 4. The topological polar surface area (TPSA) is 17.1 Å². The lowest BCUT2D eigenvalue weighted by Crippen LogP contribution is -2.41. The first kappa shape index (κ1) is 13.2. The molecule has 5 aliphatic rings. The number of ketones is 1. The smallest absolute Gasteiger partial charge is 0.175 e. The highest BCUT2D eigenvalue weighted by atomic mass is 16.1. The Kier molecular flexibility index (Phi) is 2.49. The summed E-state index contributed by atoms with van der Waals surface area (Å²) < 4.78 is 0. The van der Waals surface area contributed by atoms with Gasteiger partial charge in [-0.05, 0) is 79.4 Å². The summed E-state index contributed by atoms with van der Waals surface area (Å²) >= 11 is 0. The van der Waals surface area contributed by atoms with E-state index in [1.165, 1.54) is 44.1 Å². The van der Waals surface area contributed by atoms with E-state index in [2.05, 4.69) is 18.8 Å². The predicted molar refractivity (Wildman–Crippen MR) is 87.0 cm³/mol. The Labute approximate surface area is 133 Å². The van der Waals surface area contributed by atoms with Crippen molar-refractivity contribution in [3.05, 3.63) is 22.8 Å². The van der Waals surface area contributed by atoms with Gasteiger partial charge >= 0.3 is 0 Å². The Bertz CT molecular complexity index is 697. The van der Waals surface area contributed by atoms with Crippen LogP contribution in [-0.2, 0) is 4.79 Å². The Morgan fingerprint density at radius 1 is 1.23 bits per heavy atom. The molecule has 0 N–H and O–H groups in total. The van der Waals surface area contributed by atoms with Crippen molar-refractivity contribution in [1.82, 2.24) is 0 Å². The molecular weight excluding hydrogens is 268 g/mol. The molecule has 0 aromatic rings. The molecule has 0 radical (unpaired) electrons. The lowest BCUT2D eigenvalue weighted by Gasteiger charge is -2.48. The van der Waals surface area contributed by atoms with Gasteiger partial charge in [0.15, 0.2) is 5.78 Å². The van der Waals surface area contributed by atoms with Crippen LogP contribution in [0.4, 0.5) is 0 Å². The van der Waals surface area contributed by atoms with Gasteiger partial charge in [-0.15, -0.1) is 5.92 Å². The van der Waals surface area contributed by atoms with Crippen molar-refractivity contribution in [3.63, 3.8) is 0 Å². The third-order valence-corrected chi connectivity index (χ3v) is 7.53. The van der Waals surface area contributed by atoms with E-state index in [0.29, 0.717) is 11.2 Å². The second-order valence-corrected chi connectivity index (χ2v) is 8.57. The SMILES string of the molecule is C[C@@]12CCC[C@H]1[C@@H]1CCC3=CC(=O)C4(C#CC4)CC3=C1CC2. The van der Waals surface area contributed by atoms with Gasteiger partial charge in [-0.1, -0.05) is 24.8 Å². The Morgan fingerprint density at radius 2 is 2.09 bits per heavy atom. The standard InChI is InChI=1S/C21H24O/c1-20-8-2-4-18(20)16-6-5-14-12-19(22)21(9-3-10-21)13-17(14)15(16)7-11-20/h12,16,18H,2,4-9,11,13H2,1H3/t16-,18+,20+,21?/m1/s1. The van der Waals surface area contributed by atoms with Gasteiger partial charge in [0, 0.05) is 6.42 Å². The van der Waals surface area contributed by atoms with Gasteiger partial charge in [-0.25, -0.2) is 0 Å². The zero-order chi connectivity index (χ0) is 14.9. The van der Waals surface area contributed by atoms with Crippen LogP contribution in [0.25, 0.3) is 0 Å². The highest BCUT2D eigenvalue weighted by Gasteiger charge is 2.51. The summed E-state index contributed by atoms with van der Waals surface area (Å²) in [6.07, 6.45) is 13.1. The quantitative estimate of drug-likeness (QED) is 0.597. The van der Waals surface area contributed by atoms with E-state index in [9.17, 15) is 4.79 Å². The third-order valence-electron chi connectivity index (χ3n) is 7.53. The Morgan fingerprint density at radius 3 is 2.86 bits per heavy atom. The number of carbonyl (C=O) groups is 1. The van der Waals surface area contributed by atoms with Crippen LogP contribution in [0.2, 0.25) is 0 Å². The molecule has 0 aliphatic heterocycles. The van der Waals surface area contributed by atoms with Gasteiger partial charge in [0.2, 0.25) is 0 Å².